The Hall–Kier alpha value is -1.84. The Morgan fingerprint density at radius 2 is 2.13 bits per heavy atom. The number of hydrogen-bond donors (Lipinski definition) is 1. The zero-order valence-electron chi connectivity index (χ0n) is 12.9. The molecule has 1 aliphatic rings. The Morgan fingerprint density at radius 3 is 2.96 bits per heavy atom. The molecule has 0 bridgehead atoms. The molecule has 118 valence electrons. The molecule has 0 aliphatic heterocycles. The van der Waals surface area contributed by atoms with Crippen molar-refractivity contribution in [2.24, 2.45) is 0 Å². The molecular weight excluding hydrogens is 326 g/mol. The lowest BCUT2D eigenvalue weighted by molar-refractivity contribution is -0.120. The molecule has 1 aromatic heterocycles. The van der Waals surface area contributed by atoms with Crippen molar-refractivity contribution in [1.29, 1.82) is 0 Å². The summed E-state index contributed by atoms with van der Waals surface area (Å²) in [6, 6.07) is 10.4. The van der Waals surface area contributed by atoms with E-state index in [1.807, 2.05) is 37.3 Å². The van der Waals surface area contributed by atoms with E-state index in [0.717, 1.165) is 22.6 Å². The first-order valence-corrected chi connectivity index (χ1v) is 8.77. The third-order valence-electron chi connectivity index (χ3n) is 3.68. The van der Waals surface area contributed by atoms with Crippen LogP contribution in [-0.4, -0.2) is 5.91 Å². The number of fused-ring (bicyclic) bond motifs is 1. The van der Waals surface area contributed by atoms with Crippen molar-refractivity contribution in [1.82, 2.24) is 5.32 Å². The van der Waals surface area contributed by atoms with E-state index in [-0.39, 0.29) is 5.91 Å². The third kappa shape index (κ3) is 4.34. The van der Waals surface area contributed by atoms with Crippen molar-refractivity contribution in [3.8, 4) is 0 Å². The fourth-order valence-electron chi connectivity index (χ4n) is 2.63. The highest BCUT2D eigenvalue weighted by molar-refractivity contribution is 7.19. The number of allylic oxidation sites excluding steroid dienone is 5. The largest absolute Gasteiger partial charge is 0.351 e. The molecule has 1 aliphatic carbocycles. The van der Waals surface area contributed by atoms with E-state index in [9.17, 15) is 4.79 Å². The lowest BCUT2D eigenvalue weighted by Crippen LogP contribution is -2.22. The number of benzene rings is 1. The number of nitrogens with one attached hydrogen (secondary N) is 1. The molecule has 0 saturated heterocycles. The fourth-order valence-corrected chi connectivity index (χ4v) is 3.88. The van der Waals surface area contributed by atoms with Crippen molar-refractivity contribution in [2.75, 3.05) is 0 Å². The van der Waals surface area contributed by atoms with Crippen LogP contribution in [0.15, 0.2) is 64.7 Å². The minimum absolute atomic E-state index is 0.0490. The van der Waals surface area contributed by atoms with Gasteiger partial charge in [-0.15, -0.1) is 11.3 Å². The van der Waals surface area contributed by atoms with Gasteiger partial charge in [0.2, 0.25) is 5.91 Å². The molecule has 2 nitrogen and oxygen atoms in total. The first-order valence-electron chi connectivity index (χ1n) is 7.58. The van der Waals surface area contributed by atoms with Crippen LogP contribution in [0, 0.1) is 0 Å². The maximum atomic E-state index is 12.2. The minimum atomic E-state index is 0.0490. The van der Waals surface area contributed by atoms with Crippen molar-refractivity contribution in [2.45, 2.75) is 26.3 Å². The van der Waals surface area contributed by atoms with Gasteiger partial charge in [-0.1, -0.05) is 47.5 Å². The molecular formula is C19H18ClNOS. The molecule has 0 saturated carbocycles. The van der Waals surface area contributed by atoms with E-state index in [2.05, 4.69) is 23.5 Å². The average Bonchev–Trinajstić information content (AvgIpc) is 2.86. The minimum Gasteiger partial charge on any atom is -0.351 e. The zero-order valence-corrected chi connectivity index (χ0v) is 14.5. The summed E-state index contributed by atoms with van der Waals surface area (Å²) in [5.41, 5.74) is 2.17. The predicted octanol–water partition coefficient (Wildman–Crippen LogP) is 5.31. The van der Waals surface area contributed by atoms with Crippen LogP contribution in [0.1, 0.15) is 24.6 Å². The van der Waals surface area contributed by atoms with Crippen LogP contribution in [0.25, 0.3) is 10.1 Å². The van der Waals surface area contributed by atoms with Gasteiger partial charge in [-0.2, -0.15) is 0 Å². The van der Waals surface area contributed by atoms with E-state index < -0.39 is 0 Å². The molecule has 3 rings (SSSR count). The summed E-state index contributed by atoms with van der Waals surface area (Å²) in [7, 11) is 0. The number of amides is 1. The van der Waals surface area contributed by atoms with E-state index in [4.69, 9.17) is 11.6 Å². The van der Waals surface area contributed by atoms with Crippen molar-refractivity contribution >= 4 is 38.9 Å². The molecule has 0 spiro atoms. The van der Waals surface area contributed by atoms with Gasteiger partial charge < -0.3 is 5.32 Å². The topological polar surface area (TPSA) is 29.1 Å². The number of carbonyl (C=O) groups is 1. The Bertz CT molecular complexity index is 796. The number of halogens is 1. The summed E-state index contributed by atoms with van der Waals surface area (Å²) < 4.78 is 1.25. The van der Waals surface area contributed by atoms with E-state index in [1.165, 1.54) is 15.0 Å². The number of rotatable bonds is 4. The lowest BCUT2D eigenvalue weighted by Gasteiger charge is -2.06. The van der Waals surface area contributed by atoms with Crippen molar-refractivity contribution in [3.63, 3.8) is 0 Å². The van der Waals surface area contributed by atoms with Gasteiger partial charge in [0.05, 0.1) is 6.54 Å². The number of thiophene rings is 1. The van der Waals surface area contributed by atoms with Crippen LogP contribution in [0.3, 0.4) is 0 Å². The highest BCUT2D eigenvalue weighted by atomic mass is 35.5. The maximum absolute atomic E-state index is 12.2. The standard InChI is InChI=1S/C19H18ClNOS/c1-13-8-14(6-7-16(20)9-13)10-19(22)21-12-17-11-15-4-2-3-5-18(15)23-17/h2-5,7-9,11H,6,10,12H2,1H3,(H,21,22). The fraction of sp³-hybridized carbons (Fsp3) is 0.211. The van der Waals surface area contributed by atoms with Gasteiger partial charge in [-0.25, -0.2) is 0 Å². The smallest absolute Gasteiger partial charge is 0.224 e. The molecule has 1 N–H and O–H groups in total. The van der Waals surface area contributed by atoms with E-state index in [0.29, 0.717) is 13.0 Å². The second-order valence-electron chi connectivity index (χ2n) is 5.69. The van der Waals surface area contributed by atoms with Gasteiger partial charge in [0.1, 0.15) is 0 Å². The van der Waals surface area contributed by atoms with Gasteiger partial charge in [0.25, 0.3) is 0 Å². The normalized spacial score (nSPS) is 14.8. The molecule has 0 fully saturated rings. The first-order chi connectivity index (χ1) is 11.1. The maximum Gasteiger partial charge on any atom is 0.224 e. The molecule has 23 heavy (non-hydrogen) atoms. The summed E-state index contributed by atoms with van der Waals surface area (Å²) in [6.45, 7) is 2.58. The Morgan fingerprint density at radius 1 is 1.30 bits per heavy atom. The molecule has 1 amide bonds. The van der Waals surface area contributed by atoms with Crippen molar-refractivity contribution in [3.05, 3.63) is 69.6 Å². The van der Waals surface area contributed by atoms with Crippen molar-refractivity contribution < 1.29 is 4.79 Å². The van der Waals surface area contributed by atoms with Crippen LogP contribution in [0.4, 0.5) is 0 Å². The summed E-state index contributed by atoms with van der Waals surface area (Å²) in [4.78, 5) is 13.4. The average molecular weight is 344 g/mol. The molecule has 1 heterocycles. The second-order valence-corrected chi connectivity index (χ2v) is 7.29. The third-order valence-corrected chi connectivity index (χ3v) is 5.06. The molecule has 0 atom stereocenters. The van der Waals surface area contributed by atoms with Gasteiger partial charge >= 0.3 is 0 Å². The number of hydrogen-bond acceptors (Lipinski definition) is 2. The Balaban J connectivity index is 1.58. The molecule has 1 aromatic carbocycles. The van der Waals surface area contributed by atoms with Gasteiger partial charge in [0.15, 0.2) is 0 Å². The van der Waals surface area contributed by atoms with Gasteiger partial charge in [-0.05, 0) is 42.5 Å². The summed E-state index contributed by atoms with van der Waals surface area (Å²) in [6.07, 6.45) is 7.05. The highest BCUT2D eigenvalue weighted by Gasteiger charge is 2.09. The van der Waals surface area contributed by atoms with E-state index in [1.54, 1.807) is 11.3 Å². The van der Waals surface area contributed by atoms with Crippen LogP contribution in [0.5, 0.6) is 0 Å². The lowest BCUT2D eigenvalue weighted by atomic mass is 10.1. The number of carbonyl (C=O) groups excluding carboxylic acids is 1. The summed E-state index contributed by atoms with van der Waals surface area (Å²) >= 11 is 7.77. The SMILES string of the molecule is CC1=CC(Cl)=CCC(CC(=O)NCc2cc3ccccc3s2)=C1. The quantitative estimate of drug-likeness (QED) is 0.801. The van der Waals surface area contributed by atoms with Gasteiger partial charge in [-0.3, -0.25) is 4.79 Å². The second kappa shape index (κ2) is 7.16. The molecule has 0 radical (unpaired) electrons. The monoisotopic (exact) mass is 343 g/mol. The predicted molar refractivity (Wildman–Crippen MR) is 98.7 cm³/mol. The summed E-state index contributed by atoms with van der Waals surface area (Å²) in [5.74, 6) is 0.0490. The van der Waals surface area contributed by atoms with Gasteiger partial charge in [0, 0.05) is 21.0 Å². The highest BCUT2D eigenvalue weighted by Crippen LogP contribution is 2.25. The van der Waals surface area contributed by atoms with E-state index >= 15 is 0 Å². The summed E-state index contributed by atoms with van der Waals surface area (Å²) in [5, 5.41) is 4.98. The van der Waals surface area contributed by atoms with Crippen LogP contribution < -0.4 is 5.32 Å². The Kier molecular flexibility index (Phi) is 4.99. The van der Waals surface area contributed by atoms with Crippen LogP contribution in [0.2, 0.25) is 0 Å². The molecule has 4 heteroatoms. The molecule has 0 unspecified atom stereocenters. The zero-order chi connectivity index (χ0) is 16.2. The first kappa shape index (κ1) is 16.0. The molecule has 2 aromatic rings. The van der Waals surface area contributed by atoms with Crippen LogP contribution in [-0.2, 0) is 11.3 Å². The Labute approximate surface area is 145 Å². The van der Waals surface area contributed by atoms with Crippen LogP contribution >= 0.6 is 22.9 Å².